The zero-order valence-corrected chi connectivity index (χ0v) is 10.0. The maximum atomic E-state index is 11.9. The molecule has 1 spiro atoms. The van der Waals surface area contributed by atoms with Gasteiger partial charge in [-0.2, -0.15) is 0 Å². The second-order valence-corrected chi connectivity index (χ2v) is 5.38. The summed E-state index contributed by atoms with van der Waals surface area (Å²) in [5.41, 5.74) is 0.508. The Morgan fingerprint density at radius 1 is 1.31 bits per heavy atom. The number of aromatic nitrogens is 1. The minimum Gasteiger partial charge on any atom is -0.310 e. The summed E-state index contributed by atoms with van der Waals surface area (Å²) < 4.78 is 0.892. The number of nitrogens with zero attached hydrogens (tertiary/aromatic N) is 1. The SMILES string of the molecule is O=C1CC2(C1)Cc1cc(Br)cnc1NC2=O. The van der Waals surface area contributed by atoms with E-state index >= 15 is 0 Å². The van der Waals surface area contributed by atoms with Crippen molar-refractivity contribution in [2.24, 2.45) is 5.41 Å². The molecule has 5 heteroatoms. The number of amides is 1. The first-order valence-corrected chi connectivity index (χ1v) is 5.86. The Balaban J connectivity index is 2.00. The summed E-state index contributed by atoms with van der Waals surface area (Å²) in [7, 11) is 0. The predicted molar refractivity (Wildman–Crippen MR) is 60.9 cm³/mol. The average molecular weight is 281 g/mol. The third-order valence-electron chi connectivity index (χ3n) is 3.25. The molecule has 2 heterocycles. The summed E-state index contributed by atoms with van der Waals surface area (Å²) in [6, 6.07) is 1.95. The van der Waals surface area contributed by atoms with Gasteiger partial charge in [0.05, 0.1) is 5.41 Å². The van der Waals surface area contributed by atoms with Crippen molar-refractivity contribution < 1.29 is 9.59 Å². The number of hydrogen-bond acceptors (Lipinski definition) is 3. The van der Waals surface area contributed by atoms with Crippen LogP contribution in [0, 0.1) is 5.41 Å². The van der Waals surface area contributed by atoms with Gasteiger partial charge in [-0.1, -0.05) is 0 Å². The number of hydrogen-bond donors (Lipinski definition) is 1. The van der Waals surface area contributed by atoms with Crippen LogP contribution >= 0.6 is 15.9 Å². The van der Waals surface area contributed by atoms with Gasteiger partial charge in [0.1, 0.15) is 11.6 Å². The van der Waals surface area contributed by atoms with Crippen molar-refractivity contribution in [3.8, 4) is 0 Å². The maximum Gasteiger partial charge on any atom is 0.232 e. The van der Waals surface area contributed by atoms with E-state index in [0.29, 0.717) is 25.1 Å². The summed E-state index contributed by atoms with van der Waals surface area (Å²) >= 11 is 3.35. The molecule has 4 nitrogen and oxygen atoms in total. The van der Waals surface area contributed by atoms with Gasteiger partial charge < -0.3 is 5.32 Å². The topological polar surface area (TPSA) is 59.1 Å². The standard InChI is InChI=1S/C11H9BrN2O2/c12-7-1-6-2-11(3-8(15)4-11)10(16)14-9(6)13-5-7/h1,5H,2-4H2,(H,13,14,16). The number of halogens is 1. The summed E-state index contributed by atoms with van der Waals surface area (Å²) in [4.78, 5) is 27.1. The van der Waals surface area contributed by atoms with Crippen LogP contribution < -0.4 is 5.32 Å². The number of carbonyl (C=O) groups excluding carboxylic acids is 2. The van der Waals surface area contributed by atoms with Crippen LogP contribution in [0.4, 0.5) is 5.82 Å². The van der Waals surface area contributed by atoms with Crippen LogP contribution in [0.2, 0.25) is 0 Å². The van der Waals surface area contributed by atoms with Crippen molar-refractivity contribution in [3.63, 3.8) is 0 Å². The van der Waals surface area contributed by atoms with Crippen LogP contribution in [0.5, 0.6) is 0 Å². The molecule has 1 aromatic heterocycles. The Morgan fingerprint density at radius 3 is 2.75 bits per heavy atom. The fourth-order valence-corrected chi connectivity index (χ4v) is 2.78. The van der Waals surface area contributed by atoms with E-state index in [2.05, 4.69) is 26.2 Å². The first kappa shape index (κ1) is 9.96. The molecule has 2 aliphatic rings. The van der Waals surface area contributed by atoms with Gasteiger partial charge in [-0.05, 0) is 34.0 Å². The van der Waals surface area contributed by atoms with Crippen molar-refractivity contribution in [3.05, 3.63) is 22.3 Å². The molecule has 1 aromatic rings. The lowest BCUT2D eigenvalue weighted by Gasteiger charge is -2.41. The molecule has 1 aliphatic heterocycles. The molecule has 0 bridgehead atoms. The summed E-state index contributed by atoms with van der Waals surface area (Å²) in [6.45, 7) is 0. The number of pyridine rings is 1. The fourth-order valence-electron chi connectivity index (χ4n) is 2.40. The molecule has 0 saturated heterocycles. The molecule has 1 amide bonds. The fraction of sp³-hybridized carbons (Fsp3) is 0.364. The molecular weight excluding hydrogens is 272 g/mol. The van der Waals surface area contributed by atoms with Crippen LogP contribution in [0.3, 0.4) is 0 Å². The number of anilines is 1. The highest BCUT2D eigenvalue weighted by Crippen LogP contribution is 2.45. The van der Waals surface area contributed by atoms with Crippen molar-refractivity contribution in [2.75, 3.05) is 5.32 Å². The molecule has 0 aromatic carbocycles. The smallest absolute Gasteiger partial charge is 0.232 e. The third-order valence-corrected chi connectivity index (χ3v) is 3.68. The van der Waals surface area contributed by atoms with Crippen LogP contribution in [-0.4, -0.2) is 16.7 Å². The second-order valence-electron chi connectivity index (χ2n) is 4.46. The lowest BCUT2D eigenvalue weighted by atomic mass is 9.63. The number of Topliss-reactive ketones (excluding diaryl/α,β-unsaturated/α-hetero) is 1. The molecule has 3 rings (SSSR count). The minimum atomic E-state index is -0.493. The van der Waals surface area contributed by atoms with E-state index in [0.717, 1.165) is 10.0 Å². The molecule has 82 valence electrons. The van der Waals surface area contributed by atoms with Gasteiger partial charge in [-0.25, -0.2) is 4.98 Å². The van der Waals surface area contributed by atoms with E-state index in [4.69, 9.17) is 0 Å². The molecule has 1 aliphatic carbocycles. The largest absolute Gasteiger partial charge is 0.310 e. The van der Waals surface area contributed by atoms with E-state index in [1.165, 1.54) is 0 Å². The number of rotatable bonds is 0. The van der Waals surface area contributed by atoms with E-state index in [1.807, 2.05) is 6.07 Å². The van der Waals surface area contributed by atoms with Crippen molar-refractivity contribution in [1.82, 2.24) is 4.98 Å². The molecule has 0 unspecified atom stereocenters. The number of ketones is 1. The van der Waals surface area contributed by atoms with E-state index < -0.39 is 5.41 Å². The lowest BCUT2D eigenvalue weighted by Crippen LogP contribution is -2.51. The highest BCUT2D eigenvalue weighted by atomic mass is 79.9. The van der Waals surface area contributed by atoms with Crippen molar-refractivity contribution in [2.45, 2.75) is 19.3 Å². The van der Waals surface area contributed by atoms with Crippen molar-refractivity contribution in [1.29, 1.82) is 0 Å². The van der Waals surface area contributed by atoms with Gasteiger partial charge >= 0.3 is 0 Å². The Labute approximate surface area is 101 Å². The van der Waals surface area contributed by atoms with E-state index in [1.54, 1.807) is 6.20 Å². The minimum absolute atomic E-state index is 0.0607. The highest BCUT2D eigenvalue weighted by Gasteiger charge is 2.52. The third kappa shape index (κ3) is 1.31. The first-order valence-electron chi connectivity index (χ1n) is 5.07. The van der Waals surface area contributed by atoms with Crippen LogP contribution in [0.15, 0.2) is 16.7 Å². The Bertz CT molecular complexity index is 505. The number of carbonyl (C=O) groups is 2. The van der Waals surface area contributed by atoms with Crippen LogP contribution in [-0.2, 0) is 16.0 Å². The van der Waals surface area contributed by atoms with Crippen molar-refractivity contribution >= 4 is 33.4 Å². The summed E-state index contributed by atoms with van der Waals surface area (Å²) in [5, 5.41) is 2.78. The molecule has 16 heavy (non-hydrogen) atoms. The van der Waals surface area contributed by atoms with E-state index in [9.17, 15) is 9.59 Å². The Kier molecular flexibility index (Phi) is 1.95. The quantitative estimate of drug-likeness (QED) is 0.787. The Morgan fingerprint density at radius 2 is 2.06 bits per heavy atom. The number of fused-ring (bicyclic) bond motifs is 1. The lowest BCUT2D eigenvalue weighted by molar-refractivity contribution is -0.144. The number of nitrogens with one attached hydrogen (secondary N) is 1. The summed E-state index contributed by atoms with van der Waals surface area (Å²) in [6.07, 6.45) is 3.00. The van der Waals surface area contributed by atoms with Crippen LogP contribution in [0.25, 0.3) is 0 Å². The molecule has 1 saturated carbocycles. The van der Waals surface area contributed by atoms with Gasteiger partial charge in [0.2, 0.25) is 5.91 Å². The average Bonchev–Trinajstić information content (AvgIpc) is 2.18. The van der Waals surface area contributed by atoms with E-state index in [-0.39, 0.29) is 11.7 Å². The summed E-state index contributed by atoms with van der Waals surface area (Å²) in [5.74, 6) is 0.731. The molecule has 1 fully saturated rings. The Hall–Kier alpha value is -1.23. The zero-order valence-electron chi connectivity index (χ0n) is 8.42. The molecule has 1 N–H and O–H groups in total. The first-order chi connectivity index (χ1) is 7.59. The normalized spacial score (nSPS) is 21.3. The zero-order chi connectivity index (χ0) is 11.3. The van der Waals surface area contributed by atoms with Gasteiger partial charge in [0.25, 0.3) is 0 Å². The van der Waals surface area contributed by atoms with Gasteiger partial charge in [-0.3, -0.25) is 9.59 Å². The predicted octanol–water partition coefficient (Wildman–Crippen LogP) is 1.69. The van der Waals surface area contributed by atoms with Gasteiger partial charge in [-0.15, -0.1) is 0 Å². The monoisotopic (exact) mass is 280 g/mol. The highest BCUT2D eigenvalue weighted by molar-refractivity contribution is 9.10. The van der Waals surface area contributed by atoms with Crippen LogP contribution in [0.1, 0.15) is 18.4 Å². The second kappa shape index (κ2) is 3.13. The molecule has 0 radical (unpaired) electrons. The maximum absolute atomic E-state index is 11.9. The van der Waals surface area contributed by atoms with Gasteiger partial charge in [0.15, 0.2) is 0 Å². The molecule has 0 atom stereocenters. The molecular formula is C11H9BrN2O2. The van der Waals surface area contributed by atoms with Gasteiger partial charge in [0, 0.05) is 23.5 Å².